The second kappa shape index (κ2) is 9.56. The van der Waals surface area contributed by atoms with Gasteiger partial charge in [0, 0.05) is 29.7 Å². The normalized spacial score (nSPS) is 15.5. The first-order chi connectivity index (χ1) is 14.4. The van der Waals surface area contributed by atoms with E-state index in [1.165, 1.54) is 17.0 Å². The van der Waals surface area contributed by atoms with E-state index in [9.17, 15) is 13.6 Å². The van der Waals surface area contributed by atoms with Crippen LogP contribution in [0.25, 0.3) is 0 Å². The number of nitrogens with one attached hydrogen (secondary N) is 1. The maximum atomic E-state index is 14.2. The van der Waals surface area contributed by atoms with Gasteiger partial charge in [0.05, 0.1) is 25.9 Å². The number of amides is 2. The lowest BCUT2D eigenvalue weighted by atomic mass is 10.0. The summed E-state index contributed by atoms with van der Waals surface area (Å²) in [4.78, 5) is 19.7. The van der Waals surface area contributed by atoms with E-state index in [2.05, 4.69) is 10.5 Å². The number of methoxy groups -OCH3 is 1. The van der Waals surface area contributed by atoms with Crippen molar-refractivity contribution in [3.8, 4) is 5.75 Å². The number of urea groups is 1. The van der Waals surface area contributed by atoms with Crippen molar-refractivity contribution in [2.45, 2.75) is 39.0 Å². The van der Waals surface area contributed by atoms with E-state index in [0.717, 1.165) is 17.3 Å². The molecule has 2 aromatic rings. The van der Waals surface area contributed by atoms with Crippen molar-refractivity contribution in [2.75, 3.05) is 13.7 Å². The van der Waals surface area contributed by atoms with Crippen LogP contribution in [0.5, 0.6) is 5.75 Å². The van der Waals surface area contributed by atoms with Gasteiger partial charge in [-0.25, -0.2) is 13.6 Å². The first kappa shape index (κ1) is 21.5. The number of carbonyl (C=O) groups excluding carboxylic acids is 1. The zero-order chi connectivity index (χ0) is 21.7. The van der Waals surface area contributed by atoms with Gasteiger partial charge in [0.25, 0.3) is 0 Å². The standard InChI is InChI=1S/C22H25F2N3O3/c1-14(2)25-22(28)27(12-15-8-9-16(23)10-19(15)24)13-17-11-20(26-30-17)18-6-4-5-7-21(18)29-3/h4-10,14,17H,11-13H2,1-3H3,(H,25,28)/t17-/m1/s1. The quantitative estimate of drug-likeness (QED) is 0.738. The highest BCUT2D eigenvalue weighted by atomic mass is 19.1. The van der Waals surface area contributed by atoms with E-state index in [1.807, 2.05) is 38.1 Å². The summed E-state index contributed by atoms with van der Waals surface area (Å²) in [5, 5.41) is 6.97. The summed E-state index contributed by atoms with van der Waals surface area (Å²) in [7, 11) is 1.59. The predicted octanol–water partition coefficient (Wildman–Crippen LogP) is 4.09. The third-order valence-corrected chi connectivity index (χ3v) is 4.65. The first-order valence-corrected chi connectivity index (χ1v) is 9.72. The van der Waals surface area contributed by atoms with Crippen LogP contribution in [0.15, 0.2) is 47.6 Å². The number of carbonyl (C=O) groups is 1. The number of benzene rings is 2. The second-order valence-corrected chi connectivity index (χ2v) is 7.39. The molecule has 0 unspecified atom stereocenters. The molecule has 0 spiro atoms. The first-order valence-electron chi connectivity index (χ1n) is 9.72. The fraction of sp³-hybridized carbons (Fsp3) is 0.364. The van der Waals surface area contributed by atoms with Gasteiger partial charge in [-0.3, -0.25) is 0 Å². The maximum Gasteiger partial charge on any atom is 0.318 e. The van der Waals surface area contributed by atoms with E-state index in [4.69, 9.17) is 9.57 Å². The van der Waals surface area contributed by atoms with Crippen molar-refractivity contribution in [1.29, 1.82) is 0 Å². The fourth-order valence-electron chi connectivity index (χ4n) is 3.23. The van der Waals surface area contributed by atoms with Crippen LogP contribution in [0.2, 0.25) is 0 Å². The van der Waals surface area contributed by atoms with Crippen LogP contribution in [0, 0.1) is 11.6 Å². The lowest BCUT2D eigenvalue weighted by Gasteiger charge is -2.26. The van der Waals surface area contributed by atoms with Gasteiger partial charge in [-0.1, -0.05) is 23.4 Å². The van der Waals surface area contributed by atoms with Gasteiger partial charge in [0.15, 0.2) is 6.10 Å². The van der Waals surface area contributed by atoms with Crippen LogP contribution in [-0.2, 0) is 11.4 Å². The van der Waals surface area contributed by atoms with Crippen LogP contribution < -0.4 is 10.1 Å². The molecule has 160 valence electrons. The van der Waals surface area contributed by atoms with E-state index < -0.39 is 17.7 Å². The molecular formula is C22H25F2N3O3. The summed E-state index contributed by atoms with van der Waals surface area (Å²) < 4.78 is 32.8. The Morgan fingerprint density at radius 3 is 2.77 bits per heavy atom. The van der Waals surface area contributed by atoms with Crippen molar-refractivity contribution >= 4 is 11.7 Å². The molecule has 0 bridgehead atoms. The Morgan fingerprint density at radius 1 is 1.30 bits per heavy atom. The number of oxime groups is 1. The average molecular weight is 417 g/mol. The van der Waals surface area contributed by atoms with Gasteiger partial charge in [-0.15, -0.1) is 0 Å². The Kier molecular flexibility index (Phi) is 6.87. The summed E-state index contributed by atoms with van der Waals surface area (Å²) in [6.45, 7) is 3.85. The van der Waals surface area contributed by atoms with Crippen LogP contribution in [-0.4, -0.2) is 42.4 Å². The molecule has 6 nitrogen and oxygen atoms in total. The maximum absolute atomic E-state index is 14.2. The molecule has 1 aliphatic rings. The highest BCUT2D eigenvalue weighted by Gasteiger charge is 2.28. The summed E-state index contributed by atoms with van der Waals surface area (Å²) >= 11 is 0. The summed E-state index contributed by atoms with van der Waals surface area (Å²) in [5.74, 6) is -0.678. The number of hydrogen-bond donors (Lipinski definition) is 1. The third-order valence-electron chi connectivity index (χ3n) is 4.65. The second-order valence-electron chi connectivity index (χ2n) is 7.39. The third kappa shape index (κ3) is 5.25. The summed E-state index contributed by atoms with van der Waals surface area (Å²) in [6, 6.07) is 10.3. The monoisotopic (exact) mass is 417 g/mol. The Labute approximate surface area is 174 Å². The molecular weight excluding hydrogens is 392 g/mol. The van der Waals surface area contributed by atoms with E-state index in [1.54, 1.807) is 7.11 Å². The lowest BCUT2D eigenvalue weighted by Crippen LogP contribution is -2.45. The van der Waals surface area contributed by atoms with Gasteiger partial charge in [-0.05, 0) is 32.0 Å². The average Bonchev–Trinajstić information content (AvgIpc) is 3.17. The van der Waals surface area contributed by atoms with Gasteiger partial charge < -0.3 is 19.8 Å². The Hall–Kier alpha value is -3.16. The topological polar surface area (TPSA) is 63.2 Å². The van der Waals surface area contributed by atoms with Crippen molar-refractivity contribution in [2.24, 2.45) is 5.16 Å². The van der Waals surface area contributed by atoms with Crippen molar-refractivity contribution in [3.63, 3.8) is 0 Å². The van der Waals surface area contributed by atoms with Crippen LogP contribution in [0.3, 0.4) is 0 Å². The van der Waals surface area contributed by atoms with Crippen LogP contribution in [0.4, 0.5) is 13.6 Å². The number of nitrogens with zero attached hydrogens (tertiary/aromatic N) is 2. The Morgan fingerprint density at radius 2 is 2.07 bits per heavy atom. The SMILES string of the molecule is COc1ccccc1C1=NO[C@@H](CN(Cc2ccc(F)cc2F)C(=O)NC(C)C)C1. The summed E-state index contributed by atoms with van der Waals surface area (Å²) in [5.41, 5.74) is 1.76. The molecule has 2 amide bonds. The van der Waals surface area contributed by atoms with Gasteiger partial charge in [0.1, 0.15) is 17.4 Å². The predicted molar refractivity (Wildman–Crippen MR) is 109 cm³/mol. The Bertz CT molecular complexity index is 934. The molecule has 1 N–H and O–H groups in total. The van der Waals surface area contributed by atoms with Gasteiger partial charge in [0.2, 0.25) is 0 Å². The lowest BCUT2D eigenvalue weighted by molar-refractivity contribution is 0.0584. The van der Waals surface area contributed by atoms with E-state index >= 15 is 0 Å². The molecule has 0 aromatic heterocycles. The number of para-hydroxylation sites is 1. The summed E-state index contributed by atoms with van der Waals surface area (Å²) in [6.07, 6.45) is 0.0731. The molecule has 1 heterocycles. The minimum Gasteiger partial charge on any atom is -0.496 e. The molecule has 0 saturated heterocycles. The van der Waals surface area contributed by atoms with Crippen LogP contribution in [0.1, 0.15) is 31.4 Å². The largest absolute Gasteiger partial charge is 0.496 e. The molecule has 2 aromatic carbocycles. The zero-order valence-corrected chi connectivity index (χ0v) is 17.2. The van der Waals surface area contributed by atoms with Crippen molar-refractivity contribution in [1.82, 2.24) is 10.2 Å². The zero-order valence-electron chi connectivity index (χ0n) is 17.2. The molecule has 0 fully saturated rings. The minimum absolute atomic E-state index is 0.0193. The van der Waals surface area contributed by atoms with E-state index in [0.29, 0.717) is 12.2 Å². The fourth-order valence-corrected chi connectivity index (χ4v) is 3.23. The number of halogens is 2. The smallest absolute Gasteiger partial charge is 0.318 e. The molecule has 0 saturated carbocycles. The highest BCUT2D eigenvalue weighted by Crippen LogP contribution is 2.25. The van der Waals surface area contributed by atoms with E-state index in [-0.39, 0.29) is 30.7 Å². The number of hydrogen-bond acceptors (Lipinski definition) is 4. The molecule has 0 radical (unpaired) electrons. The number of ether oxygens (including phenoxy) is 1. The molecule has 1 aliphatic heterocycles. The minimum atomic E-state index is -0.698. The number of rotatable bonds is 7. The highest BCUT2D eigenvalue weighted by molar-refractivity contribution is 6.03. The molecule has 8 heteroatoms. The van der Waals surface area contributed by atoms with Gasteiger partial charge >= 0.3 is 6.03 Å². The molecule has 30 heavy (non-hydrogen) atoms. The molecule has 1 atom stereocenters. The van der Waals surface area contributed by atoms with Gasteiger partial charge in [-0.2, -0.15) is 0 Å². The van der Waals surface area contributed by atoms with Crippen molar-refractivity contribution < 1.29 is 23.1 Å². The van der Waals surface area contributed by atoms with Crippen molar-refractivity contribution in [3.05, 3.63) is 65.2 Å². The molecule has 3 rings (SSSR count). The molecule has 0 aliphatic carbocycles. The van der Waals surface area contributed by atoms with Crippen LogP contribution >= 0.6 is 0 Å². The Balaban J connectivity index is 1.73.